The Morgan fingerprint density at radius 2 is 1.57 bits per heavy atom. The first-order chi connectivity index (χ1) is 9.85. The smallest absolute Gasteiger partial charge is 0.0151 e. The van der Waals surface area contributed by atoms with Crippen molar-refractivity contribution in [3.63, 3.8) is 0 Å². The van der Waals surface area contributed by atoms with Gasteiger partial charge in [0, 0.05) is 25.2 Å². The minimum Gasteiger partial charge on any atom is -0.302 e. The largest absolute Gasteiger partial charge is 0.302 e. The quantitative estimate of drug-likeness (QED) is 0.689. The molecule has 0 bridgehead atoms. The van der Waals surface area contributed by atoms with Gasteiger partial charge in [-0.3, -0.25) is 4.90 Å². The van der Waals surface area contributed by atoms with E-state index in [1.807, 2.05) is 13.8 Å². The predicted octanol–water partition coefficient (Wildman–Crippen LogP) is 4.89. The van der Waals surface area contributed by atoms with Crippen LogP contribution in [-0.4, -0.2) is 48.1 Å². The molecule has 128 valence electrons. The van der Waals surface area contributed by atoms with E-state index in [1.165, 1.54) is 52.0 Å². The van der Waals surface area contributed by atoms with Crippen molar-refractivity contribution in [1.29, 1.82) is 0 Å². The predicted molar refractivity (Wildman–Crippen MR) is 97.0 cm³/mol. The van der Waals surface area contributed by atoms with E-state index in [1.54, 1.807) is 0 Å². The number of rotatable bonds is 6. The summed E-state index contributed by atoms with van der Waals surface area (Å²) in [5.41, 5.74) is 0.375. The topological polar surface area (TPSA) is 6.48 Å². The molecule has 1 heterocycles. The molecule has 1 fully saturated rings. The van der Waals surface area contributed by atoms with E-state index in [-0.39, 0.29) is 0 Å². The molecule has 1 unspecified atom stereocenters. The summed E-state index contributed by atoms with van der Waals surface area (Å²) in [6, 6.07) is 0. The molecule has 21 heavy (non-hydrogen) atoms. The van der Waals surface area contributed by atoms with Gasteiger partial charge in [-0.15, -0.1) is 0 Å². The highest BCUT2D eigenvalue weighted by Gasteiger charge is 2.26. The number of hydrogen-bond acceptors (Lipinski definition) is 2. The van der Waals surface area contributed by atoms with Crippen LogP contribution in [0, 0.1) is 11.8 Å². The minimum absolute atomic E-state index is 0.375. The maximum atomic E-state index is 2.69. The summed E-state index contributed by atoms with van der Waals surface area (Å²) in [6.07, 6.45) is 3.94. The van der Waals surface area contributed by atoms with Crippen LogP contribution in [0.5, 0.6) is 0 Å². The van der Waals surface area contributed by atoms with Gasteiger partial charge >= 0.3 is 0 Å². The summed E-state index contributed by atoms with van der Waals surface area (Å²) in [7, 11) is 0. The van der Waals surface area contributed by atoms with Crippen molar-refractivity contribution in [3.8, 4) is 0 Å². The molecular formula is C19H42N2. The average Bonchev–Trinajstić information content (AvgIpc) is 2.66. The van der Waals surface area contributed by atoms with E-state index < -0.39 is 0 Å². The summed E-state index contributed by atoms with van der Waals surface area (Å²) in [6.45, 7) is 24.5. The van der Waals surface area contributed by atoms with Crippen molar-refractivity contribution >= 4 is 0 Å². The lowest BCUT2D eigenvalue weighted by atomic mass is 9.98. The van der Waals surface area contributed by atoms with Gasteiger partial charge in [0.15, 0.2) is 0 Å². The van der Waals surface area contributed by atoms with Crippen LogP contribution in [-0.2, 0) is 0 Å². The highest BCUT2D eigenvalue weighted by molar-refractivity contribution is 4.83. The van der Waals surface area contributed by atoms with Gasteiger partial charge in [-0.1, -0.05) is 41.5 Å². The Hall–Kier alpha value is -0.0800. The zero-order valence-corrected chi connectivity index (χ0v) is 16.2. The van der Waals surface area contributed by atoms with Crippen LogP contribution in [0.4, 0.5) is 0 Å². The van der Waals surface area contributed by atoms with Crippen molar-refractivity contribution in [2.75, 3.05) is 32.7 Å². The third-order valence-corrected chi connectivity index (χ3v) is 4.75. The third kappa shape index (κ3) is 8.21. The van der Waals surface area contributed by atoms with E-state index in [2.05, 4.69) is 51.3 Å². The van der Waals surface area contributed by atoms with E-state index in [0.29, 0.717) is 5.54 Å². The molecule has 0 aromatic heterocycles. The summed E-state index contributed by atoms with van der Waals surface area (Å²) in [4.78, 5) is 5.39. The van der Waals surface area contributed by atoms with E-state index in [0.717, 1.165) is 11.8 Å². The molecule has 0 aromatic carbocycles. The maximum Gasteiger partial charge on any atom is 0.0151 e. The van der Waals surface area contributed by atoms with Gasteiger partial charge in [0.2, 0.25) is 0 Å². The summed E-state index contributed by atoms with van der Waals surface area (Å²) in [5, 5.41) is 0. The SMILES string of the molecule is CC.CCC(C)(C)N1CCCN(CC(C)CC(C)C)CC1. The second-order valence-corrected chi connectivity index (χ2v) is 7.54. The molecule has 1 aliphatic rings. The normalized spacial score (nSPS) is 19.9. The lowest BCUT2D eigenvalue weighted by Gasteiger charge is -2.37. The Balaban J connectivity index is 0.00000191. The lowest BCUT2D eigenvalue weighted by molar-refractivity contribution is 0.118. The van der Waals surface area contributed by atoms with Crippen molar-refractivity contribution in [3.05, 3.63) is 0 Å². The minimum atomic E-state index is 0.375. The molecule has 1 rings (SSSR count). The summed E-state index contributed by atoms with van der Waals surface area (Å²) in [5.74, 6) is 1.67. The van der Waals surface area contributed by atoms with E-state index >= 15 is 0 Å². The zero-order valence-electron chi connectivity index (χ0n) is 16.2. The molecule has 0 aliphatic carbocycles. The Morgan fingerprint density at radius 3 is 2.10 bits per heavy atom. The van der Waals surface area contributed by atoms with Crippen LogP contribution in [0.1, 0.15) is 74.7 Å². The number of hydrogen-bond donors (Lipinski definition) is 0. The lowest BCUT2D eigenvalue weighted by Crippen LogP contribution is -2.45. The molecular weight excluding hydrogens is 256 g/mol. The van der Waals surface area contributed by atoms with Crippen LogP contribution < -0.4 is 0 Å². The summed E-state index contributed by atoms with van der Waals surface area (Å²) >= 11 is 0. The third-order valence-electron chi connectivity index (χ3n) is 4.75. The van der Waals surface area contributed by atoms with Gasteiger partial charge in [-0.2, -0.15) is 0 Å². The first-order valence-electron chi connectivity index (χ1n) is 9.32. The molecule has 0 spiro atoms. The van der Waals surface area contributed by atoms with Crippen LogP contribution in [0.2, 0.25) is 0 Å². The van der Waals surface area contributed by atoms with Crippen molar-refractivity contribution < 1.29 is 0 Å². The molecule has 2 heteroatoms. The van der Waals surface area contributed by atoms with Crippen molar-refractivity contribution in [2.45, 2.75) is 80.2 Å². The van der Waals surface area contributed by atoms with E-state index in [9.17, 15) is 0 Å². The van der Waals surface area contributed by atoms with Gasteiger partial charge in [-0.05, 0) is 58.0 Å². The molecule has 0 radical (unpaired) electrons. The van der Waals surface area contributed by atoms with Gasteiger partial charge in [-0.25, -0.2) is 0 Å². The van der Waals surface area contributed by atoms with E-state index in [4.69, 9.17) is 0 Å². The maximum absolute atomic E-state index is 2.69. The van der Waals surface area contributed by atoms with Crippen molar-refractivity contribution in [2.24, 2.45) is 11.8 Å². The summed E-state index contributed by atoms with van der Waals surface area (Å²) < 4.78 is 0. The molecule has 1 aliphatic heterocycles. The molecule has 0 N–H and O–H groups in total. The first-order valence-corrected chi connectivity index (χ1v) is 9.32. The number of nitrogens with zero attached hydrogens (tertiary/aromatic N) is 2. The van der Waals surface area contributed by atoms with Gasteiger partial charge in [0.1, 0.15) is 0 Å². The highest BCUT2D eigenvalue weighted by Crippen LogP contribution is 2.21. The Bertz CT molecular complexity index is 248. The van der Waals surface area contributed by atoms with Gasteiger partial charge < -0.3 is 4.90 Å². The molecule has 1 atom stereocenters. The monoisotopic (exact) mass is 298 g/mol. The molecule has 2 nitrogen and oxygen atoms in total. The average molecular weight is 299 g/mol. The van der Waals surface area contributed by atoms with Crippen LogP contribution >= 0.6 is 0 Å². The fraction of sp³-hybridized carbons (Fsp3) is 1.00. The molecule has 0 saturated carbocycles. The first kappa shape index (κ1) is 20.9. The fourth-order valence-electron chi connectivity index (χ4n) is 3.30. The molecule has 0 amide bonds. The molecule has 1 saturated heterocycles. The Labute approximate surface area is 135 Å². The van der Waals surface area contributed by atoms with Crippen LogP contribution in [0.15, 0.2) is 0 Å². The van der Waals surface area contributed by atoms with Crippen LogP contribution in [0.25, 0.3) is 0 Å². The Kier molecular flexibility index (Phi) is 10.6. The fourth-order valence-corrected chi connectivity index (χ4v) is 3.30. The Morgan fingerprint density at radius 1 is 0.952 bits per heavy atom. The van der Waals surface area contributed by atoms with Gasteiger partial charge in [0.25, 0.3) is 0 Å². The zero-order chi connectivity index (χ0) is 16.5. The highest BCUT2D eigenvalue weighted by atomic mass is 15.2. The second-order valence-electron chi connectivity index (χ2n) is 7.54. The van der Waals surface area contributed by atoms with Crippen LogP contribution in [0.3, 0.4) is 0 Å². The van der Waals surface area contributed by atoms with Gasteiger partial charge in [0.05, 0.1) is 0 Å². The molecule has 0 aromatic rings. The van der Waals surface area contributed by atoms with Crippen molar-refractivity contribution in [1.82, 2.24) is 9.80 Å². The standard InChI is InChI=1S/C17H36N2.C2H6/c1-7-17(5,6)19-10-8-9-18(11-12-19)14-16(4)13-15(2)3;1-2/h15-16H,7-14H2,1-6H3;1-2H3. The second kappa shape index (κ2) is 10.6.